The maximum Gasteiger partial charge on any atom is 0.233 e. The number of rotatable bonds is 8. The predicted octanol–water partition coefficient (Wildman–Crippen LogP) is 4.06. The Hall–Kier alpha value is -3.00. The highest BCUT2D eigenvalue weighted by molar-refractivity contribution is 8.00. The van der Waals surface area contributed by atoms with Crippen LogP contribution in [0.2, 0.25) is 0 Å². The van der Waals surface area contributed by atoms with E-state index in [1.165, 1.54) is 18.2 Å². The highest BCUT2D eigenvalue weighted by Gasteiger charge is 2.26. The molecule has 4 rings (SSSR count). The summed E-state index contributed by atoms with van der Waals surface area (Å²) in [6.07, 6.45) is 3.51. The summed E-state index contributed by atoms with van der Waals surface area (Å²) in [5, 5.41) is 12.4. The van der Waals surface area contributed by atoms with E-state index in [4.69, 9.17) is 4.74 Å². The first-order valence-corrected chi connectivity index (χ1v) is 11.9. The van der Waals surface area contributed by atoms with Crippen molar-refractivity contribution in [1.82, 2.24) is 20.1 Å². The number of nitrogens with one attached hydrogen (secondary N) is 1. The maximum absolute atomic E-state index is 12.8. The highest BCUT2D eigenvalue weighted by Crippen LogP contribution is 2.34. The second-order valence-electron chi connectivity index (χ2n) is 7.80. The van der Waals surface area contributed by atoms with Gasteiger partial charge in [-0.15, -0.1) is 10.2 Å². The van der Waals surface area contributed by atoms with Crippen LogP contribution in [-0.4, -0.2) is 46.1 Å². The largest absolute Gasteiger partial charge is 0.495 e. The van der Waals surface area contributed by atoms with Gasteiger partial charge in [0.15, 0.2) is 5.16 Å². The van der Waals surface area contributed by atoms with Crippen molar-refractivity contribution in [3.05, 3.63) is 60.2 Å². The second kappa shape index (κ2) is 10.5. The minimum Gasteiger partial charge on any atom is -0.495 e. The molecule has 168 valence electrons. The second-order valence-corrected chi connectivity index (χ2v) is 9.11. The fourth-order valence-electron chi connectivity index (χ4n) is 3.80. The van der Waals surface area contributed by atoms with Crippen molar-refractivity contribution in [2.45, 2.75) is 43.1 Å². The van der Waals surface area contributed by atoms with E-state index < -0.39 is 0 Å². The minimum absolute atomic E-state index is 0.0343. The van der Waals surface area contributed by atoms with E-state index in [-0.39, 0.29) is 11.2 Å². The SMILES string of the molecule is COc1ccccc1-n1c(SC(C)C(=O)NCc2ccccc2)nnc1N1CCCCC1. The van der Waals surface area contributed by atoms with Crippen LogP contribution in [0.5, 0.6) is 5.75 Å². The first-order valence-electron chi connectivity index (χ1n) is 11.0. The van der Waals surface area contributed by atoms with E-state index in [1.54, 1.807) is 7.11 Å². The summed E-state index contributed by atoms with van der Waals surface area (Å²) in [5.74, 6) is 1.51. The van der Waals surface area contributed by atoms with Gasteiger partial charge in [0.1, 0.15) is 5.75 Å². The Morgan fingerprint density at radius 3 is 2.53 bits per heavy atom. The summed E-state index contributed by atoms with van der Waals surface area (Å²) in [6.45, 7) is 4.30. The standard InChI is InChI=1S/C24H29N5O2S/c1-18(22(30)25-17-19-11-5-3-6-12-19)32-24-27-26-23(28-15-9-4-10-16-28)29(24)20-13-7-8-14-21(20)31-2/h3,5-8,11-14,18H,4,9-10,15-17H2,1-2H3,(H,25,30). The van der Waals surface area contributed by atoms with Gasteiger partial charge in [-0.3, -0.25) is 9.36 Å². The number of para-hydroxylation sites is 2. The van der Waals surface area contributed by atoms with E-state index in [1.807, 2.05) is 66.1 Å². The molecule has 3 aromatic rings. The molecule has 1 N–H and O–H groups in total. The molecule has 8 heteroatoms. The van der Waals surface area contributed by atoms with Crippen molar-refractivity contribution in [3.8, 4) is 11.4 Å². The number of carbonyl (C=O) groups excluding carboxylic acids is 1. The first-order chi connectivity index (χ1) is 15.7. The Labute approximate surface area is 193 Å². The molecule has 1 fully saturated rings. The van der Waals surface area contributed by atoms with Crippen LogP contribution < -0.4 is 15.0 Å². The van der Waals surface area contributed by atoms with Gasteiger partial charge in [0.05, 0.1) is 18.0 Å². The molecule has 1 atom stereocenters. The molecule has 1 aliphatic rings. The van der Waals surface area contributed by atoms with Crippen LogP contribution >= 0.6 is 11.8 Å². The van der Waals surface area contributed by atoms with Gasteiger partial charge in [-0.1, -0.05) is 54.2 Å². The van der Waals surface area contributed by atoms with E-state index in [2.05, 4.69) is 20.4 Å². The molecular formula is C24H29N5O2S. The molecular weight excluding hydrogens is 422 g/mol. The predicted molar refractivity (Wildman–Crippen MR) is 128 cm³/mol. The fraction of sp³-hybridized carbons (Fsp3) is 0.375. The number of methoxy groups -OCH3 is 1. The highest BCUT2D eigenvalue weighted by atomic mass is 32.2. The zero-order valence-electron chi connectivity index (χ0n) is 18.5. The van der Waals surface area contributed by atoms with Gasteiger partial charge in [-0.05, 0) is 43.9 Å². The average Bonchev–Trinajstić information content (AvgIpc) is 3.26. The van der Waals surface area contributed by atoms with Gasteiger partial charge < -0.3 is 15.0 Å². The van der Waals surface area contributed by atoms with Gasteiger partial charge in [-0.25, -0.2) is 0 Å². The van der Waals surface area contributed by atoms with Crippen molar-refractivity contribution in [2.75, 3.05) is 25.1 Å². The molecule has 1 aliphatic heterocycles. The first kappa shape index (κ1) is 22.2. The van der Waals surface area contributed by atoms with Crippen molar-refractivity contribution in [3.63, 3.8) is 0 Å². The summed E-state index contributed by atoms with van der Waals surface area (Å²) in [4.78, 5) is 15.0. The lowest BCUT2D eigenvalue weighted by atomic mass is 10.1. The fourth-order valence-corrected chi connectivity index (χ4v) is 4.68. The van der Waals surface area contributed by atoms with E-state index >= 15 is 0 Å². The third-order valence-electron chi connectivity index (χ3n) is 5.54. The van der Waals surface area contributed by atoms with Crippen LogP contribution in [0.4, 0.5) is 5.95 Å². The van der Waals surface area contributed by atoms with E-state index in [0.29, 0.717) is 11.7 Å². The van der Waals surface area contributed by atoms with Gasteiger partial charge in [0.25, 0.3) is 0 Å². The quantitative estimate of drug-likeness (QED) is 0.521. The molecule has 0 bridgehead atoms. The van der Waals surface area contributed by atoms with Gasteiger partial charge in [0.2, 0.25) is 11.9 Å². The Kier molecular flexibility index (Phi) is 7.32. The molecule has 1 amide bonds. The normalized spacial score (nSPS) is 14.8. The average molecular weight is 452 g/mol. The van der Waals surface area contributed by atoms with Crippen LogP contribution in [0.25, 0.3) is 5.69 Å². The van der Waals surface area contributed by atoms with Crippen LogP contribution in [0, 0.1) is 0 Å². The monoisotopic (exact) mass is 451 g/mol. The number of hydrogen-bond donors (Lipinski definition) is 1. The molecule has 0 spiro atoms. The van der Waals surface area contributed by atoms with Crippen LogP contribution in [0.15, 0.2) is 59.8 Å². The molecule has 2 aromatic carbocycles. The lowest BCUT2D eigenvalue weighted by Crippen LogP contribution is -2.32. The lowest BCUT2D eigenvalue weighted by Gasteiger charge is -2.28. The molecule has 1 saturated heterocycles. The summed E-state index contributed by atoms with van der Waals surface area (Å²) in [7, 11) is 1.66. The Morgan fingerprint density at radius 1 is 1.06 bits per heavy atom. The minimum atomic E-state index is -0.328. The number of benzene rings is 2. The zero-order chi connectivity index (χ0) is 22.3. The summed E-state index contributed by atoms with van der Waals surface area (Å²) >= 11 is 1.41. The number of hydrogen-bond acceptors (Lipinski definition) is 6. The van der Waals surface area contributed by atoms with Crippen molar-refractivity contribution >= 4 is 23.6 Å². The molecule has 0 radical (unpaired) electrons. The molecule has 32 heavy (non-hydrogen) atoms. The third kappa shape index (κ3) is 5.07. The number of aromatic nitrogens is 3. The number of carbonyl (C=O) groups is 1. The molecule has 1 aromatic heterocycles. The summed E-state index contributed by atoms with van der Waals surface area (Å²) in [5.41, 5.74) is 1.95. The van der Waals surface area contributed by atoms with Gasteiger partial charge in [-0.2, -0.15) is 0 Å². The molecule has 0 aliphatic carbocycles. The number of amides is 1. The number of nitrogens with zero attached hydrogens (tertiary/aromatic N) is 4. The lowest BCUT2D eigenvalue weighted by molar-refractivity contribution is -0.120. The molecule has 2 heterocycles. The van der Waals surface area contributed by atoms with Crippen molar-refractivity contribution in [2.24, 2.45) is 0 Å². The van der Waals surface area contributed by atoms with E-state index in [0.717, 1.165) is 48.9 Å². The van der Waals surface area contributed by atoms with Gasteiger partial charge >= 0.3 is 0 Å². The topological polar surface area (TPSA) is 72.3 Å². The van der Waals surface area contributed by atoms with Crippen molar-refractivity contribution in [1.29, 1.82) is 0 Å². The van der Waals surface area contributed by atoms with Crippen LogP contribution in [0.1, 0.15) is 31.7 Å². The van der Waals surface area contributed by atoms with Gasteiger partial charge in [0, 0.05) is 19.6 Å². The smallest absolute Gasteiger partial charge is 0.233 e. The van der Waals surface area contributed by atoms with Crippen molar-refractivity contribution < 1.29 is 9.53 Å². The number of anilines is 1. The maximum atomic E-state index is 12.8. The third-order valence-corrected chi connectivity index (χ3v) is 6.58. The number of thioether (sulfide) groups is 1. The number of piperidine rings is 1. The van der Waals surface area contributed by atoms with E-state index in [9.17, 15) is 4.79 Å². The molecule has 0 saturated carbocycles. The molecule has 7 nitrogen and oxygen atoms in total. The summed E-state index contributed by atoms with van der Waals surface area (Å²) < 4.78 is 7.65. The summed E-state index contributed by atoms with van der Waals surface area (Å²) in [6, 6.07) is 17.8. The Balaban J connectivity index is 1.57. The zero-order valence-corrected chi connectivity index (χ0v) is 19.3. The Morgan fingerprint density at radius 2 is 1.78 bits per heavy atom. The van der Waals surface area contributed by atoms with Crippen LogP contribution in [-0.2, 0) is 11.3 Å². The number of ether oxygens (including phenoxy) is 1. The Bertz CT molecular complexity index is 1030. The van der Waals surface area contributed by atoms with Crippen LogP contribution in [0.3, 0.4) is 0 Å². The molecule has 1 unspecified atom stereocenters.